The summed E-state index contributed by atoms with van der Waals surface area (Å²) in [6.07, 6.45) is 7.08. The Morgan fingerprint density at radius 2 is 1.88 bits per heavy atom. The van der Waals surface area contributed by atoms with Gasteiger partial charge in [0.25, 0.3) is 0 Å². The fourth-order valence-electron chi connectivity index (χ4n) is 5.60. The van der Waals surface area contributed by atoms with Crippen LogP contribution in [-0.2, 0) is 14.4 Å². The van der Waals surface area contributed by atoms with E-state index in [9.17, 15) is 19.2 Å². The summed E-state index contributed by atoms with van der Waals surface area (Å²) in [7, 11) is 1.49. The van der Waals surface area contributed by atoms with E-state index in [0.29, 0.717) is 24.5 Å². The molecule has 210 valence electrons. The Morgan fingerprint density at radius 3 is 2.60 bits per heavy atom. The molecule has 3 N–H and O–H groups in total. The van der Waals surface area contributed by atoms with Gasteiger partial charge in [0, 0.05) is 18.0 Å². The normalized spacial score (nSPS) is 29.3. The zero-order valence-corrected chi connectivity index (χ0v) is 22.3. The largest absolute Gasteiger partial charge is 0.481 e. The molecular formula is C29H33N5O6. The maximum absolute atomic E-state index is 13.6. The quantitative estimate of drug-likeness (QED) is 0.428. The van der Waals surface area contributed by atoms with E-state index in [4.69, 9.17) is 15.2 Å². The van der Waals surface area contributed by atoms with Crippen molar-refractivity contribution in [2.24, 2.45) is 23.5 Å². The van der Waals surface area contributed by atoms with Gasteiger partial charge in [-0.3, -0.25) is 14.5 Å². The molecule has 11 nitrogen and oxygen atoms in total. The number of primary amides is 1. The van der Waals surface area contributed by atoms with Gasteiger partial charge in [-0.15, -0.1) is 0 Å². The number of nitrogens with one attached hydrogen (secondary N) is 1. The van der Waals surface area contributed by atoms with E-state index >= 15 is 0 Å². The second kappa shape index (κ2) is 11.4. The summed E-state index contributed by atoms with van der Waals surface area (Å²) < 4.78 is 11.6. The minimum Gasteiger partial charge on any atom is -0.481 e. The second-order valence-corrected chi connectivity index (χ2v) is 10.6. The monoisotopic (exact) mass is 547 g/mol. The predicted octanol–water partition coefficient (Wildman–Crippen LogP) is 2.65. The summed E-state index contributed by atoms with van der Waals surface area (Å²) in [6, 6.07) is 10.0. The first-order chi connectivity index (χ1) is 19.3. The van der Waals surface area contributed by atoms with Crippen molar-refractivity contribution in [3.8, 4) is 23.1 Å². The average Bonchev–Trinajstić information content (AvgIpc) is 3.47. The van der Waals surface area contributed by atoms with Gasteiger partial charge in [-0.2, -0.15) is 9.97 Å². The smallest absolute Gasteiger partial charge is 0.321 e. The molecule has 3 aliphatic rings. The number of imide groups is 1. The lowest BCUT2D eigenvalue weighted by atomic mass is 9.93. The Morgan fingerprint density at radius 1 is 1.12 bits per heavy atom. The molecule has 5 unspecified atom stereocenters. The van der Waals surface area contributed by atoms with Crippen molar-refractivity contribution in [1.82, 2.24) is 20.2 Å². The van der Waals surface area contributed by atoms with Gasteiger partial charge in [0.2, 0.25) is 23.6 Å². The van der Waals surface area contributed by atoms with E-state index in [0.717, 1.165) is 29.6 Å². The van der Waals surface area contributed by atoms with Gasteiger partial charge in [-0.1, -0.05) is 42.5 Å². The van der Waals surface area contributed by atoms with E-state index in [2.05, 4.69) is 15.3 Å². The number of ether oxygens (including phenoxy) is 2. The number of carbonyl (C=O) groups is 4. The van der Waals surface area contributed by atoms with Gasteiger partial charge < -0.3 is 25.3 Å². The SMILES string of the molecule is COc1cc(OC2CC3C(=O)NC4(C=O)CC4/C=C/CCCCN(C(N)=O)C(=O)C3C2)nc(-c2ccccc2)n1. The van der Waals surface area contributed by atoms with Crippen LogP contribution in [0, 0.1) is 17.8 Å². The molecule has 1 aliphatic heterocycles. The molecule has 2 heterocycles. The number of urea groups is 1. The third-order valence-electron chi connectivity index (χ3n) is 7.91. The number of methoxy groups -OCH3 is 1. The Balaban J connectivity index is 1.42. The first kappa shape index (κ1) is 27.3. The lowest BCUT2D eigenvalue weighted by Crippen LogP contribution is -2.49. The number of allylic oxidation sites excluding steroid dienone is 1. The number of carbonyl (C=O) groups excluding carboxylic acids is 4. The van der Waals surface area contributed by atoms with E-state index in [1.54, 1.807) is 6.07 Å². The third kappa shape index (κ3) is 5.68. The number of hydrogen-bond acceptors (Lipinski definition) is 8. The maximum atomic E-state index is 13.6. The van der Waals surface area contributed by atoms with Crippen LogP contribution in [0.2, 0.25) is 0 Å². The minimum absolute atomic E-state index is 0.0773. The number of aromatic nitrogens is 2. The fraction of sp³-hybridized carbons (Fsp3) is 0.448. The molecule has 0 radical (unpaired) electrons. The van der Waals surface area contributed by atoms with Gasteiger partial charge in [-0.05, 0) is 38.5 Å². The lowest BCUT2D eigenvalue weighted by Gasteiger charge is -2.26. The number of nitrogens with two attached hydrogens (primary N) is 1. The highest BCUT2D eigenvalue weighted by atomic mass is 16.5. The van der Waals surface area contributed by atoms with Crippen LogP contribution in [0.3, 0.4) is 0 Å². The van der Waals surface area contributed by atoms with Crippen molar-refractivity contribution in [3.05, 3.63) is 48.6 Å². The van der Waals surface area contributed by atoms with E-state index in [-0.39, 0.29) is 31.2 Å². The molecule has 11 heteroatoms. The van der Waals surface area contributed by atoms with E-state index in [1.165, 1.54) is 7.11 Å². The lowest BCUT2D eigenvalue weighted by molar-refractivity contribution is -0.139. The zero-order chi connectivity index (χ0) is 28.3. The minimum atomic E-state index is -0.974. The van der Waals surface area contributed by atoms with Crippen molar-refractivity contribution in [3.63, 3.8) is 0 Å². The Hall–Kier alpha value is -4.28. The van der Waals surface area contributed by atoms with E-state index < -0.39 is 41.3 Å². The molecule has 4 amide bonds. The van der Waals surface area contributed by atoms with Gasteiger partial charge in [0.15, 0.2) is 5.82 Å². The first-order valence-electron chi connectivity index (χ1n) is 13.5. The van der Waals surface area contributed by atoms with Gasteiger partial charge in [0.05, 0.1) is 25.0 Å². The molecule has 1 aromatic carbocycles. The van der Waals surface area contributed by atoms with Crippen molar-refractivity contribution in [2.75, 3.05) is 13.7 Å². The summed E-state index contributed by atoms with van der Waals surface area (Å²) in [5, 5.41) is 2.89. The van der Waals surface area contributed by atoms with Crippen LogP contribution in [0.1, 0.15) is 38.5 Å². The number of benzene rings is 1. The van der Waals surface area contributed by atoms with Crippen molar-refractivity contribution in [2.45, 2.75) is 50.2 Å². The predicted molar refractivity (Wildman–Crippen MR) is 144 cm³/mol. The van der Waals surface area contributed by atoms with Gasteiger partial charge in [0.1, 0.15) is 17.9 Å². The van der Waals surface area contributed by atoms with Crippen LogP contribution in [0.25, 0.3) is 11.4 Å². The van der Waals surface area contributed by atoms with Crippen LogP contribution < -0.4 is 20.5 Å². The van der Waals surface area contributed by atoms with Crippen LogP contribution in [0.15, 0.2) is 48.6 Å². The molecule has 0 saturated heterocycles. The molecule has 2 saturated carbocycles. The Labute approximate surface area is 232 Å². The summed E-state index contributed by atoms with van der Waals surface area (Å²) in [5.41, 5.74) is 5.38. The molecule has 2 aromatic rings. The van der Waals surface area contributed by atoms with Crippen LogP contribution in [0.4, 0.5) is 4.79 Å². The Bertz CT molecular complexity index is 1320. The molecule has 0 bridgehead atoms. The van der Waals surface area contributed by atoms with Crippen molar-refractivity contribution in [1.29, 1.82) is 0 Å². The fourth-order valence-corrected chi connectivity index (χ4v) is 5.60. The highest BCUT2D eigenvalue weighted by molar-refractivity contribution is 5.98. The first-order valence-corrected chi connectivity index (χ1v) is 13.5. The summed E-state index contributed by atoms with van der Waals surface area (Å²) in [6.45, 7) is 0.170. The summed E-state index contributed by atoms with van der Waals surface area (Å²) in [4.78, 5) is 61.4. The molecule has 2 aliphatic carbocycles. The molecule has 0 spiro atoms. The highest BCUT2D eigenvalue weighted by Gasteiger charge is 2.56. The van der Waals surface area contributed by atoms with Crippen LogP contribution in [0.5, 0.6) is 11.8 Å². The zero-order valence-electron chi connectivity index (χ0n) is 22.3. The van der Waals surface area contributed by atoms with Crippen molar-refractivity contribution < 1.29 is 28.7 Å². The molecule has 5 atom stereocenters. The van der Waals surface area contributed by atoms with Gasteiger partial charge in [-0.25, -0.2) is 4.79 Å². The number of nitrogens with zero attached hydrogens (tertiary/aromatic N) is 3. The second-order valence-electron chi connectivity index (χ2n) is 10.6. The molecule has 5 rings (SSSR count). The van der Waals surface area contributed by atoms with Crippen LogP contribution >= 0.6 is 0 Å². The average molecular weight is 548 g/mol. The highest BCUT2D eigenvalue weighted by Crippen LogP contribution is 2.45. The summed E-state index contributed by atoms with van der Waals surface area (Å²) >= 11 is 0. The molecule has 40 heavy (non-hydrogen) atoms. The number of aldehydes is 1. The number of hydrogen-bond donors (Lipinski definition) is 2. The maximum Gasteiger partial charge on any atom is 0.321 e. The molecule has 2 fully saturated rings. The standard InChI is InChI=1S/C29H33N5O6/c1-39-23-15-24(32-25(31-23)18-9-5-4-6-10-18)40-20-13-21-22(14-20)27(37)34(28(30)38)12-8-3-2-7-11-19-16-29(19,17-35)33-26(21)36/h4-7,9-11,15,17,19-22H,2-3,8,12-14,16H2,1H3,(H2,30,38)(H,33,36)/b11-7+. The third-order valence-corrected chi connectivity index (χ3v) is 7.91. The topological polar surface area (TPSA) is 154 Å². The number of rotatable bonds is 5. The number of amides is 4. The summed E-state index contributed by atoms with van der Waals surface area (Å²) in [5.74, 6) is -1.74. The van der Waals surface area contributed by atoms with E-state index in [1.807, 2.05) is 42.5 Å². The number of fused-ring (bicyclic) bond motifs is 2. The molecular weight excluding hydrogens is 514 g/mol. The van der Waals surface area contributed by atoms with Crippen LogP contribution in [-0.4, -0.2) is 64.3 Å². The van der Waals surface area contributed by atoms with Gasteiger partial charge >= 0.3 is 6.03 Å². The molecule has 1 aromatic heterocycles. The van der Waals surface area contributed by atoms with Crippen molar-refractivity contribution >= 4 is 24.1 Å². The Kier molecular flexibility index (Phi) is 7.81.